The highest BCUT2D eigenvalue weighted by atomic mass is 16.3. The molecule has 0 aliphatic carbocycles. The third-order valence-corrected chi connectivity index (χ3v) is 2.12. The molecule has 7 N–H and O–H groups in total. The third kappa shape index (κ3) is 4.66. The molecule has 14 heavy (non-hydrogen) atoms. The van der Waals surface area contributed by atoms with E-state index >= 15 is 0 Å². The van der Waals surface area contributed by atoms with E-state index in [2.05, 4.69) is 10.3 Å². The van der Waals surface area contributed by atoms with Crippen molar-refractivity contribution in [3.63, 3.8) is 0 Å². The number of aliphatic hydroxyl groups is 1. The lowest BCUT2D eigenvalue weighted by molar-refractivity contribution is 0.0418. The number of rotatable bonds is 4. The van der Waals surface area contributed by atoms with Gasteiger partial charge in [0.25, 0.3) is 0 Å². The van der Waals surface area contributed by atoms with E-state index in [1.54, 1.807) is 0 Å². The van der Waals surface area contributed by atoms with E-state index in [4.69, 9.17) is 16.9 Å². The highest BCUT2D eigenvalue weighted by molar-refractivity contribution is 5.95. The number of hydrogen-bond donors (Lipinski definition) is 5. The number of nitrogens with two attached hydrogens (primary N) is 2. The van der Waals surface area contributed by atoms with E-state index in [1.165, 1.54) is 0 Å². The summed E-state index contributed by atoms with van der Waals surface area (Å²) in [4.78, 5) is 3.89. The average molecular weight is 201 g/mol. The minimum absolute atomic E-state index is 0.0535. The van der Waals surface area contributed by atoms with Crippen LogP contribution in [0.25, 0.3) is 0 Å². The zero-order valence-corrected chi connectivity index (χ0v) is 8.67. The topological polar surface area (TPSA) is 121 Å². The molecular formula is C8H19N5O. The average Bonchev–Trinajstić information content (AvgIpc) is 2.13. The van der Waals surface area contributed by atoms with E-state index in [0.29, 0.717) is 12.8 Å². The summed E-state index contributed by atoms with van der Waals surface area (Å²) in [5, 5.41) is 19.1. The van der Waals surface area contributed by atoms with E-state index in [1.807, 2.05) is 13.8 Å². The monoisotopic (exact) mass is 201 g/mol. The summed E-state index contributed by atoms with van der Waals surface area (Å²) in [7, 11) is 0. The molecule has 6 nitrogen and oxygen atoms in total. The molecule has 82 valence electrons. The van der Waals surface area contributed by atoms with Crippen LogP contribution in [0.1, 0.15) is 26.7 Å². The largest absolute Gasteiger partial charge is 0.388 e. The van der Waals surface area contributed by atoms with Crippen LogP contribution in [-0.4, -0.2) is 29.2 Å². The molecule has 0 saturated heterocycles. The van der Waals surface area contributed by atoms with Gasteiger partial charge < -0.3 is 16.6 Å². The van der Waals surface area contributed by atoms with Crippen LogP contribution in [0.4, 0.5) is 0 Å². The molecule has 0 radical (unpaired) electrons. The van der Waals surface area contributed by atoms with Crippen LogP contribution >= 0.6 is 0 Å². The Morgan fingerprint density at radius 3 is 2.29 bits per heavy atom. The molecule has 0 aromatic carbocycles. The van der Waals surface area contributed by atoms with Crippen molar-refractivity contribution in [2.45, 2.75) is 32.3 Å². The van der Waals surface area contributed by atoms with Crippen LogP contribution in [0.15, 0.2) is 4.99 Å². The van der Waals surface area contributed by atoms with Crippen molar-refractivity contribution in [1.29, 1.82) is 5.41 Å². The summed E-state index contributed by atoms with van der Waals surface area (Å²) in [6.45, 7) is 3.98. The highest BCUT2D eigenvalue weighted by Crippen LogP contribution is 2.14. The van der Waals surface area contributed by atoms with Gasteiger partial charge in [0.2, 0.25) is 0 Å². The normalized spacial score (nSPS) is 12.6. The molecular weight excluding hydrogens is 182 g/mol. The highest BCUT2D eigenvalue weighted by Gasteiger charge is 2.21. The van der Waals surface area contributed by atoms with Crippen LogP contribution in [0.5, 0.6) is 0 Å². The lowest BCUT2D eigenvalue weighted by atomic mass is 9.98. The maximum atomic E-state index is 9.84. The zero-order valence-electron chi connectivity index (χ0n) is 8.67. The molecule has 0 atom stereocenters. The summed E-state index contributed by atoms with van der Waals surface area (Å²) in [6, 6.07) is 0. The van der Waals surface area contributed by atoms with Gasteiger partial charge in [0, 0.05) is 0 Å². The Bertz CT molecular complexity index is 222. The van der Waals surface area contributed by atoms with Crippen molar-refractivity contribution < 1.29 is 5.11 Å². The van der Waals surface area contributed by atoms with Gasteiger partial charge in [0.05, 0.1) is 12.1 Å². The van der Waals surface area contributed by atoms with Crippen molar-refractivity contribution in [1.82, 2.24) is 5.32 Å². The Morgan fingerprint density at radius 1 is 1.43 bits per heavy atom. The molecule has 0 fully saturated rings. The zero-order chi connectivity index (χ0) is 11.2. The lowest BCUT2D eigenvalue weighted by Crippen LogP contribution is -2.42. The molecule has 0 aliphatic rings. The van der Waals surface area contributed by atoms with Crippen molar-refractivity contribution in [2.24, 2.45) is 16.5 Å². The predicted molar refractivity (Wildman–Crippen MR) is 57.1 cm³/mol. The van der Waals surface area contributed by atoms with Gasteiger partial charge in [-0.2, -0.15) is 0 Å². The van der Waals surface area contributed by atoms with Crippen molar-refractivity contribution >= 4 is 11.9 Å². The van der Waals surface area contributed by atoms with Gasteiger partial charge >= 0.3 is 0 Å². The van der Waals surface area contributed by atoms with Crippen LogP contribution < -0.4 is 16.8 Å². The molecule has 0 heterocycles. The smallest absolute Gasteiger partial charge is 0.195 e. The fraction of sp³-hybridized carbons (Fsp3) is 0.750. The van der Waals surface area contributed by atoms with Crippen molar-refractivity contribution in [2.75, 3.05) is 6.54 Å². The van der Waals surface area contributed by atoms with Gasteiger partial charge in [-0.25, -0.2) is 0 Å². The Labute approximate surface area is 83.9 Å². The summed E-state index contributed by atoms with van der Waals surface area (Å²) in [5.74, 6) is -0.208. The van der Waals surface area contributed by atoms with Gasteiger partial charge in [-0.3, -0.25) is 15.7 Å². The summed E-state index contributed by atoms with van der Waals surface area (Å²) >= 11 is 0. The SMILES string of the molecule is CCC(O)(CC)CN=C(N)NC(=N)N. The van der Waals surface area contributed by atoms with E-state index in [-0.39, 0.29) is 18.5 Å². The molecule has 0 unspecified atom stereocenters. The van der Waals surface area contributed by atoms with Gasteiger partial charge in [0.1, 0.15) is 0 Å². The Hall–Kier alpha value is -1.30. The van der Waals surface area contributed by atoms with Crippen molar-refractivity contribution in [3.05, 3.63) is 0 Å². The number of nitrogens with one attached hydrogen (secondary N) is 2. The minimum atomic E-state index is -0.816. The first kappa shape index (κ1) is 12.7. The van der Waals surface area contributed by atoms with E-state index in [0.717, 1.165) is 0 Å². The quantitative estimate of drug-likeness (QED) is 0.306. The number of hydrogen-bond acceptors (Lipinski definition) is 3. The molecule has 0 bridgehead atoms. The standard InChI is InChI=1S/C8H19N5O/c1-3-8(14,4-2)5-12-7(11)13-6(9)10/h14H,3-5H2,1-2H3,(H6,9,10,11,12,13). The molecule has 6 heteroatoms. The summed E-state index contributed by atoms with van der Waals surface area (Å²) in [6.07, 6.45) is 1.22. The van der Waals surface area contributed by atoms with Crippen LogP contribution in [0.2, 0.25) is 0 Å². The summed E-state index contributed by atoms with van der Waals surface area (Å²) in [5.41, 5.74) is 9.63. The van der Waals surface area contributed by atoms with Gasteiger partial charge in [-0.1, -0.05) is 13.8 Å². The molecule has 0 rings (SSSR count). The molecule has 0 saturated carbocycles. The molecule has 0 aliphatic heterocycles. The number of aliphatic imine (C=N–C) groups is 1. The van der Waals surface area contributed by atoms with Crippen LogP contribution in [0.3, 0.4) is 0 Å². The summed E-state index contributed by atoms with van der Waals surface area (Å²) < 4.78 is 0. The third-order valence-electron chi connectivity index (χ3n) is 2.12. The maximum Gasteiger partial charge on any atom is 0.195 e. The molecule has 0 aromatic rings. The second kappa shape index (κ2) is 5.43. The van der Waals surface area contributed by atoms with Crippen LogP contribution in [0, 0.1) is 5.41 Å². The fourth-order valence-electron chi connectivity index (χ4n) is 0.883. The number of guanidine groups is 2. The first-order valence-electron chi connectivity index (χ1n) is 4.57. The van der Waals surface area contributed by atoms with E-state index in [9.17, 15) is 5.11 Å². The van der Waals surface area contributed by atoms with Gasteiger partial charge in [-0.05, 0) is 12.8 Å². The van der Waals surface area contributed by atoms with E-state index < -0.39 is 5.60 Å². The Kier molecular flexibility index (Phi) is 4.93. The first-order valence-corrected chi connectivity index (χ1v) is 4.57. The second-order valence-electron chi connectivity index (χ2n) is 3.17. The van der Waals surface area contributed by atoms with Gasteiger partial charge in [-0.15, -0.1) is 0 Å². The maximum absolute atomic E-state index is 9.84. The second-order valence-corrected chi connectivity index (χ2v) is 3.17. The Morgan fingerprint density at radius 2 is 1.93 bits per heavy atom. The molecule has 0 aromatic heterocycles. The minimum Gasteiger partial charge on any atom is -0.388 e. The van der Waals surface area contributed by atoms with Crippen LogP contribution in [-0.2, 0) is 0 Å². The Balaban J connectivity index is 4.18. The number of nitrogens with zero attached hydrogens (tertiary/aromatic N) is 1. The fourth-order valence-corrected chi connectivity index (χ4v) is 0.883. The first-order chi connectivity index (χ1) is 6.43. The molecule has 0 amide bonds. The van der Waals surface area contributed by atoms with Crippen molar-refractivity contribution in [3.8, 4) is 0 Å². The lowest BCUT2D eigenvalue weighted by Gasteiger charge is -2.22. The molecule has 0 spiro atoms. The predicted octanol–water partition coefficient (Wildman–Crippen LogP) is -0.665. The van der Waals surface area contributed by atoms with Gasteiger partial charge in [0.15, 0.2) is 11.9 Å².